The molecule has 7 nitrogen and oxygen atoms in total. The van der Waals surface area contributed by atoms with Gasteiger partial charge in [-0.15, -0.1) is 4.73 Å². The molecule has 7 heteroatoms. The van der Waals surface area contributed by atoms with Crippen LogP contribution in [0, 0.1) is 0 Å². The van der Waals surface area contributed by atoms with Crippen molar-refractivity contribution in [1.29, 1.82) is 0 Å². The topological polar surface area (TPSA) is 96.6 Å². The molecule has 1 aromatic carbocycles. The second-order valence-electron chi connectivity index (χ2n) is 4.26. The highest BCUT2D eigenvalue weighted by Crippen LogP contribution is 2.20. The summed E-state index contributed by atoms with van der Waals surface area (Å²) in [6, 6.07) is 11.2. The molecule has 0 atom stereocenters. The van der Waals surface area contributed by atoms with Crippen LogP contribution in [0.1, 0.15) is 0 Å². The Hall–Kier alpha value is -3.22. The first-order valence-electron chi connectivity index (χ1n) is 6.07. The molecule has 0 aliphatic rings. The summed E-state index contributed by atoms with van der Waals surface area (Å²) in [5.41, 5.74) is 1.31. The van der Waals surface area contributed by atoms with Crippen molar-refractivity contribution in [2.75, 3.05) is 5.32 Å². The molecule has 0 radical (unpaired) electrons. The van der Waals surface area contributed by atoms with Gasteiger partial charge in [-0.25, -0.2) is 4.79 Å². The van der Waals surface area contributed by atoms with Crippen molar-refractivity contribution < 1.29 is 19.8 Å². The zero-order valence-electron chi connectivity index (χ0n) is 10.7. The third kappa shape index (κ3) is 2.57. The molecule has 0 unspecified atom stereocenters. The Morgan fingerprint density at radius 3 is 2.67 bits per heavy atom. The number of hydrogen-bond acceptors (Lipinski definition) is 5. The lowest BCUT2D eigenvalue weighted by Crippen LogP contribution is -2.24. The lowest BCUT2D eigenvalue weighted by atomic mass is 10.2. The number of aromatic hydroxyl groups is 2. The van der Waals surface area contributed by atoms with E-state index in [0.717, 1.165) is 10.9 Å². The number of nitrogens with zero attached hydrogens (tertiary/aromatic N) is 2. The van der Waals surface area contributed by atoms with Gasteiger partial charge in [0.1, 0.15) is 0 Å². The summed E-state index contributed by atoms with van der Waals surface area (Å²) in [6.07, 6.45) is 0.835. The van der Waals surface area contributed by atoms with Crippen LogP contribution in [0.15, 0.2) is 48.7 Å². The van der Waals surface area contributed by atoms with Crippen LogP contribution < -0.4 is 10.2 Å². The van der Waals surface area contributed by atoms with E-state index in [4.69, 9.17) is 4.84 Å². The Bertz CT molecular complexity index is 793. The van der Waals surface area contributed by atoms with Gasteiger partial charge in [-0.05, 0) is 24.3 Å². The number of pyridine rings is 1. The molecule has 3 rings (SSSR count). The third-order valence-electron chi connectivity index (χ3n) is 2.82. The lowest BCUT2D eigenvalue weighted by Gasteiger charge is -2.08. The zero-order chi connectivity index (χ0) is 14.8. The summed E-state index contributed by atoms with van der Waals surface area (Å²) >= 11 is 0. The van der Waals surface area contributed by atoms with E-state index in [2.05, 4.69) is 10.3 Å². The molecule has 3 aromatic rings. The smallest absolute Gasteiger partial charge is 0.436 e. The fourth-order valence-electron chi connectivity index (χ4n) is 1.87. The van der Waals surface area contributed by atoms with Crippen LogP contribution in [-0.2, 0) is 0 Å². The number of anilines is 1. The normalized spacial score (nSPS) is 10.5. The molecule has 0 spiro atoms. The van der Waals surface area contributed by atoms with Crippen molar-refractivity contribution in [2.45, 2.75) is 0 Å². The minimum atomic E-state index is -0.847. The van der Waals surface area contributed by atoms with Crippen LogP contribution in [0.4, 0.5) is 10.5 Å². The van der Waals surface area contributed by atoms with Crippen LogP contribution >= 0.6 is 0 Å². The Morgan fingerprint density at radius 2 is 1.90 bits per heavy atom. The molecule has 0 saturated heterocycles. The van der Waals surface area contributed by atoms with Gasteiger partial charge in [0.25, 0.3) is 0 Å². The summed E-state index contributed by atoms with van der Waals surface area (Å²) < 4.78 is 0.609. The molecule has 0 bridgehead atoms. The van der Waals surface area contributed by atoms with E-state index in [1.54, 1.807) is 30.5 Å². The van der Waals surface area contributed by atoms with Crippen molar-refractivity contribution in [3.05, 3.63) is 48.7 Å². The average molecular weight is 285 g/mol. The van der Waals surface area contributed by atoms with Crippen molar-refractivity contribution in [3.8, 4) is 11.8 Å². The van der Waals surface area contributed by atoms with E-state index in [1.807, 2.05) is 6.07 Å². The summed E-state index contributed by atoms with van der Waals surface area (Å²) in [5.74, 6) is -0.768. The number of hydrogen-bond donors (Lipinski definition) is 3. The Morgan fingerprint density at radius 1 is 1.14 bits per heavy atom. The van der Waals surface area contributed by atoms with Gasteiger partial charge in [0.15, 0.2) is 0 Å². The largest absolute Gasteiger partial charge is 0.492 e. The number of rotatable bonds is 2. The van der Waals surface area contributed by atoms with Gasteiger partial charge in [-0.1, -0.05) is 6.07 Å². The molecule has 1 amide bonds. The van der Waals surface area contributed by atoms with E-state index in [-0.39, 0.29) is 11.8 Å². The minimum Gasteiger partial charge on any atom is -0.492 e. The van der Waals surface area contributed by atoms with Crippen LogP contribution in [0.3, 0.4) is 0 Å². The number of fused-ring (bicyclic) bond motifs is 1. The summed E-state index contributed by atoms with van der Waals surface area (Å²) in [7, 11) is 0. The summed E-state index contributed by atoms with van der Waals surface area (Å²) in [4.78, 5) is 20.7. The number of carbonyl (C=O) groups excluding carboxylic acids is 1. The van der Waals surface area contributed by atoms with Gasteiger partial charge in [-0.2, -0.15) is 0 Å². The highest BCUT2D eigenvalue weighted by molar-refractivity contribution is 5.89. The average Bonchev–Trinajstić information content (AvgIpc) is 2.79. The first-order chi connectivity index (χ1) is 10.1. The van der Waals surface area contributed by atoms with Crippen molar-refractivity contribution in [1.82, 2.24) is 9.71 Å². The van der Waals surface area contributed by atoms with Crippen LogP contribution in [0.2, 0.25) is 0 Å². The SMILES string of the molecule is O=C(Nc1ccc2ncccc2c1)On1c(O)ccc1O. The first kappa shape index (κ1) is 12.8. The first-order valence-corrected chi connectivity index (χ1v) is 6.07. The van der Waals surface area contributed by atoms with Crippen molar-refractivity contribution in [3.63, 3.8) is 0 Å². The van der Waals surface area contributed by atoms with E-state index in [0.29, 0.717) is 10.4 Å². The second-order valence-corrected chi connectivity index (χ2v) is 4.26. The molecule has 21 heavy (non-hydrogen) atoms. The summed E-state index contributed by atoms with van der Waals surface area (Å²) in [5, 5.41) is 22.1. The lowest BCUT2D eigenvalue weighted by molar-refractivity contribution is 0.120. The maximum Gasteiger partial charge on any atom is 0.436 e. The Balaban J connectivity index is 1.77. The summed E-state index contributed by atoms with van der Waals surface area (Å²) in [6.45, 7) is 0. The molecule has 3 N–H and O–H groups in total. The van der Waals surface area contributed by atoms with Gasteiger partial charge in [0, 0.05) is 29.4 Å². The standard InChI is InChI=1S/C14H11N3O4/c18-12-5-6-13(19)17(12)21-14(20)16-10-3-4-11-9(8-10)2-1-7-15-11/h1-8,18-19H,(H,16,20). The maximum absolute atomic E-state index is 11.7. The van der Waals surface area contributed by atoms with Crippen LogP contribution in [-0.4, -0.2) is 26.0 Å². The van der Waals surface area contributed by atoms with Gasteiger partial charge < -0.3 is 15.1 Å². The number of amides is 1. The van der Waals surface area contributed by atoms with Gasteiger partial charge >= 0.3 is 6.09 Å². The molecule has 0 fully saturated rings. The quantitative estimate of drug-likeness (QED) is 0.670. The molecule has 106 valence electrons. The minimum absolute atomic E-state index is 0.384. The number of nitrogens with one attached hydrogen (secondary N) is 1. The van der Waals surface area contributed by atoms with E-state index in [1.165, 1.54) is 12.1 Å². The number of aromatic nitrogens is 2. The fourth-order valence-corrected chi connectivity index (χ4v) is 1.87. The third-order valence-corrected chi connectivity index (χ3v) is 2.82. The van der Waals surface area contributed by atoms with Gasteiger partial charge in [0.05, 0.1) is 5.52 Å². The fraction of sp³-hybridized carbons (Fsp3) is 0. The second kappa shape index (κ2) is 5.04. The van der Waals surface area contributed by atoms with Gasteiger partial charge in [0.2, 0.25) is 11.8 Å². The molecular weight excluding hydrogens is 274 g/mol. The maximum atomic E-state index is 11.7. The van der Waals surface area contributed by atoms with Crippen LogP contribution in [0.5, 0.6) is 11.8 Å². The van der Waals surface area contributed by atoms with Gasteiger partial charge in [-0.3, -0.25) is 10.3 Å². The van der Waals surface area contributed by atoms with E-state index < -0.39 is 6.09 Å². The number of benzene rings is 1. The predicted molar refractivity (Wildman–Crippen MR) is 75.1 cm³/mol. The monoisotopic (exact) mass is 285 g/mol. The number of carbonyl (C=O) groups is 1. The predicted octanol–water partition coefficient (Wildman–Crippen LogP) is 2.11. The highest BCUT2D eigenvalue weighted by atomic mass is 16.7. The Labute approximate surface area is 119 Å². The molecular formula is C14H11N3O4. The molecule has 0 aliphatic heterocycles. The molecule has 2 aromatic heterocycles. The van der Waals surface area contributed by atoms with Crippen molar-refractivity contribution >= 4 is 22.7 Å². The van der Waals surface area contributed by atoms with E-state index >= 15 is 0 Å². The molecule has 0 saturated carbocycles. The molecule has 0 aliphatic carbocycles. The zero-order valence-corrected chi connectivity index (χ0v) is 10.7. The van der Waals surface area contributed by atoms with Crippen molar-refractivity contribution in [2.24, 2.45) is 0 Å². The van der Waals surface area contributed by atoms with Crippen LogP contribution in [0.25, 0.3) is 10.9 Å². The molecule has 2 heterocycles. The Kier molecular flexibility index (Phi) is 3.07. The highest BCUT2D eigenvalue weighted by Gasteiger charge is 2.12. The van der Waals surface area contributed by atoms with E-state index in [9.17, 15) is 15.0 Å².